The molecule has 56 heavy (non-hydrogen) atoms. The Bertz CT molecular complexity index is 2750. The summed E-state index contributed by atoms with van der Waals surface area (Å²) in [5.74, 6) is 0. The Morgan fingerprint density at radius 2 is 0.643 bits per heavy atom. The van der Waals surface area contributed by atoms with Crippen LogP contribution in [0.25, 0.3) is 77.0 Å². The third kappa shape index (κ3) is 5.61. The molecule has 2 aromatic heterocycles. The number of benzene rings is 7. The normalized spacial score (nSPS) is 12.5. The summed E-state index contributed by atoms with van der Waals surface area (Å²) in [6.45, 7) is 23.5. The highest BCUT2D eigenvalue weighted by molar-refractivity contribution is 6.15. The van der Waals surface area contributed by atoms with Gasteiger partial charge in [-0.2, -0.15) is 0 Å². The van der Waals surface area contributed by atoms with E-state index in [-0.39, 0.29) is 10.8 Å². The molecule has 0 fully saturated rings. The Morgan fingerprint density at radius 1 is 0.339 bits per heavy atom. The molecule has 9 rings (SSSR count). The molecule has 9 aromatic rings. The van der Waals surface area contributed by atoms with Gasteiger partial charge in [-0.3, -0.25) is 0 Å². The zero-order valence-corrected chi connectivity index (χ0v) is 34.6. The summed E-state index contributed by atoms with van der Waals surface area (Å²) in [5, 5.41) is 8.07. The first-order valence-corrected chi connectivity index (χ1v) is 20.1. The average Bonchev–Trinajstić information content (AvgIpc) is 3.57. The standard InChI is InChI=1S/C54H52N2/c1-33-35(3)55(41-25-21-39(22-26-41)37-17-13-11-14-18-37)49-31-47-45(29-43(33)49)51(53(5,6)7)48-32-50-44(30-46(48)52(47)54(8,9)10)34(2)36(4)56(50)42-27-23-40(24-28-42)38-19-15-12-16-20-38/h11-32H,1-10H3. The zero-order valence-electron chi connectivity index (χ0n) is 34.6. The molecule has 2 heteroatoms. The molecule has 2 heterocycles. The molecule has 0 aliphatic carbocycles. The average molecular weight is 729 g/mol. The van der Waals surface area contributed by atoms with Crippen molar-refractivity contribution in [3.05, 3.63) is 167 Å². The maximum Gasteiger partial charge on any atom is 0.0540 e. The van der Waals surface area contributed by atoms with Gasteiger partial charge in [0.05, 0.1) is 11.0 Å². The van der Waals surface area contributed by atoms with Crippen LogP contribution < -0.4 is 0 Å². The molecule has 0 saturated carbocycles. The zero-order chi connectivity index (χ0) is 39.3. The minimum Gasteiger partial charge on any atom is -0.314 e. The van der Waals surface area contributed by atoms with E-state index in [4.69, 9.17) is 0 Å². The lowest BCUT2D eigenvalue weighted by atomic mass is 9.73. The van der Waals surface area contributed by atoms with Crippen molar-refractivity contribution in [1.82, 2.24) is 9.13 Å². The molecule has 2 nitrogen and oxygen atoms in total. The van der Waals surface area contributed by atoms with Gasteiger partial charge in [0.25, 0.3) is 0 Å². The van der Waals surface area contributed by atoms with E-state index in [9.17, 15) is 0 Å². The highest BCUT2D eigenvalue weighted by Crippen LogP contribution is 2.48. The summed E-state index contributed by atoms with van der Waals surface area (Å²) in [6, 6.07) is 49.6. The number of hydrogen-bond acceptors (Lipinski definition) is 0. The van der Waals surface area contributed by atoms with Gasteiger partial charge in [0, 0.05) is 33.5 Å². The topological polar surface area (TPSA) is 9.86 Å². The second-order valence-corrected chi connectivity index (χ2v) is 18.0. The van der Waals surface area contributed by atoms with Crippen molar-refractivity contribution in [1.29, 1.82) is 0 Å². The van der Waals surface area contributed by atoms with Gasteiger partial charge in [0.15, 0.2) is 0 Å². The maximum absolute atomic E-state index is 2.53. The van der Waals surface area contributed by atoms with E-state index >= 15 is 0 Å². The van der Waals surface area contributed by atoms with Crippen LogP contribution in [0.4, 0.5) is 0 Å². The lowest BCUT2D eigenvalue weighted by molar-refractivity contribution is 0.593. The first-order chi connectivity index (χ1) is 26.7. The molecule has 0 aliphatic rings. The number of rotatable bonds is 4. The highest BCUT2D eigenvalue weighted by Gasteiger charge is 2.30. The Balaban J connectivity index is 1.33. The maximum atomic E-state index is 2.53. The Kier molecular flexibility index (Phi) is 8.22. The Hall–Kier alpha value is -5.86. The van der Waals surface area contributed by atoms with Crippen LogP contribution in [0.3, 0.4) is 0 Å². The molecule has 0 atom stereocenters. The number of fused-ring (bicyclic) bond motifs is 4. The number of hydrogen-bond donors (Lipinski definition) is 0. The summed E-state index contributed by atoms with van der Waals surface area (Å²) >= 11 is 0. The van der Waals surface area contributed by atoms with Crippen LogP contribution in [0, 0.1) is 27.7 Å². The molecule has 0 amide bonds. The molecule has 0 aliphatic heterocycles. The fraction of sp³-hybridized carbons (Fsp3) is 0.222. The van der Waals surface area contributed by atoms with Crippen molar-refractivity contribution in [2.24, 2.45) is 0 Å². The third-order valence-corrected chi connectivity index (χ3v) is 12.4. The van der Waals surface area contributed by atoms with Crippen LogP contribution in [-0.4, -0.2) is 9.13 Å². The molecule has 7 aromatic carbocycles. The van der Waals surface area contributed by atoms with E-state index in [2.05, 4.69) is 212 Å². The van der Waals surface area contributed by atoms with Crippen molar-refractivity contribution < 1.29 is 0 Å². The molecule has 0 spiro atoms. The molecule has 0 N–H and O–H groups in total. The van der Waals surface area contributed by atoms with E-state index < -0.39 is 0 Å². The van der Waals surface area contributed by atoms with E-state index in [0.717, 1.165) is 0 Å². The van der Waals surface area contributed by atoms with Gasteiger partial charge in [0.1, 0.15) is 0 Å². The van der Waals surface area contributed by atoms with Crippen molar-refractivity contribution in [2.45, 2.75) is 80.1 Å². The van der Waals surface area contributed by atoms with Crippen molar-refractivity contribution in [3.63, 3.8) is 0 Å². The molecular weight excluding hydrogens is 677 g/mol. The van der Waals surface area contributed by atoms with E-state index in [1.807, 2.05) is 0 Å². The third-order valence-electron chi connectivity index (χ3n) is 12.4. The van der Waals surface area contributed by atoms with Crippen LogP contribution in [0.15, 0.2) is 133 Å². The minimum absolute atomic E-state index is 0.105. The highest BCUT2D eigenvalue weighted by atomic mass is 15.0. The quantitative estimate of drug-likeness (QED) is 0.160. The molecule has 0 unspecified atom stereocenters. The largest absolute Gasteiger partial charge is 0.314 e. The smallest absolute Gasteiger partial charge is 0.0540 e. The van der Waals surface area contributed by atoms with Crippen LogP contribution in [0.1, 0.15) is 75.2 Å². The van der Waals surface area contributed by atoms with Crippen LogP contribution in [0.2, 0.25) is 0 Å². The van der Waals surface area contributed by atoms with Gasteiger partial charge in [-0.05, 0) is 153 Å². The van der Waals surface area contributed by atoms with Gasteiger partial charge < -0.3 is 9.13 Å². The van der Waals surface area contributed by atoms with Crippen LogP contribution in [-0.2, 0) is 10.8 Å². The van der Waals surface area contributed by atoms with Gasteiger partial charge in [-0.25, -0.2) is 0 Å². The van der Waals surface area contributed by atoms with E-state index in [1.165, 1.54) is 111 Å². The fourth-order valence-corrected chi connectivity index (χ4v) is 9.50. The van der Waals surface area contributed by atoms with Gasteiger partial charge in [-0.15, -0.1) is 0 Å². The monoisotopic (exact) mass is 728 g/mol. The van der Waals surface area contributed by atoms with Crippen LogP contribution in [0.5, 0.6) is 0 Å². The van der Waals surface area contributed by atoms with E-state index in [1.54, 1.807) is 0 Å². The molecular formula is C54H52N2. The van der Waals surface area contributed by atoms with Crippen LogP contribution >= 0.6 is 0 Å². The number of aromatic nitrogens is 2. The SMILES string of the molecule is Cc1c(C)n(-c2ccc(-c3ccccc3)cc2)c2cc3c(C(C)(C)C)c4cc5c(C)c(C)n(-c6ccc(-c7ccccc7)cc6)c5cc4c(C(C)(C)C)c3cc12. The predicted molar refractivity (Wildman–Crippen MR) is 242 cm³/mol. The summed E-state index contributed by atoms with van der Waals surface area (Å²) in [5.41, 5.74) is 17.7. The molecule has 278 valence electrons. The minimum atomic E-state index is -0.105. The summed E-state index contributed by atoms with van der Waals surface area (Å²) < 4.78 is 4.96. The number of aryl methyl sites for hydroxylation is 2. The second kappa shape index (κ2) is 12.8. The lowest BCUT2D eigenvalue weighted by Crippen LogP contribution is -2.17. The predicted octanol–water partition coefficient (Wildman–Crippen LogP) is 15.0. The molecule has 0 bridgehead atoms. The Morgan fingerprint density at radius 3 is 0.964 bits per heavy atom. The fourth-order valence-electron chi connectivity index (χ4n) is 9.50. The lowest BCUT2D eigenvalue weighted by Gasteiger charge is -2.31. The van der Waals surface area contributed by atoms with Crippen molar-refractivity contribution in [2.75, 3.05) is 0 Å². The molecule has 0 radical (unpaired) electrons. The number of nitrogens with zero attached hydrogens (tertiary/aromatic N) is 2. The van der Waals surface area contributed by atoms with E-state index in [0.29, 0.717) is 0 Å². The van der Waals surface area contributed by atoms with Gasteiger partial charge >= 0.3 is 0 Å². The summed E-state index contributed by atoms with van der Waals surface area (Å²) in [6.07, 6.45) is 0. The molecule has 0 saturated heterocycles. The van der Waals surface area contributed by atoms with Crippen molar-refractivity contribution >= 4 is 43.4 Å². The van der Waals surface area contributed by atoms with Gasteiger partial charge in [0.2, 0.25) is 0 Å². The first kappa shape index (κ1) is 35.8. The summed E-state index contributed by atoms with van der Waals surface area (Å²) in [7, 11) is 0. The van der Waals surface area contributed by atoms with Gasteiger partial charge in [-0.1, -0.05) is 126 Å². The second-order valence-electron chi connectivity index (χ2n) is 18.0. The summed E-state index contributed by atoms with van der Waals surface area (Å²) in [4.78, 5) is 0. The Labute approximate surface area is 332 Å². The van der Waals surface area contributed by atoms with Crippen molar-refractivity contribution in [3.8, 4) is 33.6 Å². The first-order valence-electron chi connectivity index (χ1n) is 20.1.